The van der Waals surface area contributed by atoms with Gasteiger partial charge in [0.05, 0.1) is 17.9 Å². The van der Waals surface area contributed by atoms with Gasteiger partial charge in [0.15, 0.2) is 5.82 Å². The molecule has 1 aliphatic heterocycles. The minimum absolute atomic E-state index is 0.139. The number of nitrogens with zero attached hydrogens (tertiary/aromatic N) is 5. The summed E-state index contributed by atoms with van der Waals surface area (Å²) in [5, 5.41) is 12.7. The van der Waals surface area contributed by atoms with Gasteiger partial charge in [-0.3, -0.25) is 4.79 Å². The van der Waals surface area contributed by atoms with Crippen LogP contribution in [0.25, 0.3) is 11.3 Å². The molecule has 0 atom stereocenters. The fourth-order valence-electron chi connectivity index (χ4n) is 4.08. The van der Waals surface area contributed by atoms with Gasteiger partial charge < -0.3 is 24.2 Å². The van der Waals surface area contributed by atoms with E-state index in [1.807, 2.05) is 30.0 Å². The Kier molecular flexibility index (Phi) is 6.07. The third-order valence-corrected chi connectivity index (χ3v) is 5.94. The maximum Gasteiger partial charge on any atom is 0.374 e. The van der Waals surface area contributed by atoms with Crippen LogP contribution in [0, 0.1) is 0 Å². The molecule has 1 amide bonds. The molecule has 3 aromatic heterocycles. The van der Waals surface area contributed by atoms with E-state index in [-0.39, 0.29) is 11.7 Å². The summed E-state index contributed by atoms with van der Waals surface area (Å²) in [5.41, 5.74) is 3.29. The fourth-order valence-corrected chi connectivity index (χ4v) is 4.08. The van der Waals surface area contributed by atoms with Crippen molar-refractivity contribution in [2.45, 2.75) is 13.3 Å². The van der Waals surface area contributed by atoms with Crippen LogP contribution < -0.4 is 14.5 Å². The molecule has 0 radical (unpaired) electrons. The average Bonchev–Trinajstić information content (AvgIpc) is 3.38. The summed E-state index contributed by atoms with van der Waals surface area (Å²) in [6.45, 7) is 3.01. The normalized spacial score (nSPS) is 12.7. The number of rotatable bonds is 7. The number of fused-ring (bicyclic) bond motifs is 2. The van der Waals surface area contributed by atoms with Gasteiger partial charge in [0.1, 0.15) is 17.3 Å². The number of benzene rings is 1. The molecule has 0 fully saturated rings. The summed E-state index contributed by atoms with van der Waals surface area (Å²) in [7, 11) is 1.74. The highest BCUT2D eigenvalue weighted by Crippen LogP contribution is 2.37. The van der Waals surface area contributed by atoms with Crippen LogP contribution in [0.2, 0.25) is 0 Å². The monoisotopic (exact) mass is 485 g/mol. The molecule has 0 bridgehead atoms. The number of aromatic nitrogens is 3. The van der Waals surface area contributed by atoms with E-state index < -0.39 is 5.97 Å². The van der Waals surface area contributed by atoms with Gasteiger partial charge in [0.2, 0.25) is 5.76 Å². The standard InChI is InChI=1S/C26H23N5O5/c1-3-31-23-19(25(32)30(2)21-5-4-11-27-24(21)31)13-16(15-28-23)10-12-35-18-8-6-17(7-9-18)20-14-22(26(33)34)36-29-20/h4-9,11,13-15H,3,10,12H2,1-2H3,(H,33,34). The Balaban J connectivity index is 1.28. The topological polar surface area (TPSA) is 122 Å². The second-order valence-electron chi connectivity index (χ2n) is 8.17. The summed E-state index contributed by atoms with van der Waals surface area (Å²) < 4.78 is 10.7. The lowest BCUT2D eigenvalue weighted by Gasteiger charge is -2.22. The number of carboxylic acids is 1. The molecule has 5 rings (SSSR count). The Labute approximate surface area is 206 Å². The highest BCUT2D eigenvalue weighted by Gasteiger charge is 2.30. The lowest BCUT2D eigenvalue weighted by Crippen LogP contribution is -2.25. The van der Waals surface area contributed by atoms with Crippen molar-refractivity contribution in [1.82, 2.24) is 15.1 Å². The molecular formula is C26H23N5O5. The minimum Gasteiger partial charge on any atom is -0.493 e. The van der Waals surface area contributed by atoms with Gasteiger partial charge in [-0.05, 0) is 55.0 Å². The number of hydrogen-bond donors (Lipinski definition) is 1. The molecule has 0 aliphatic carbocycles. The Morgan fingerprint density at radius 2 is 1.92 bits per heavy atom. The van der Waals surface area contributed by atoms with Crippen LogP contribution in [-0.2, 0) is 6.42 Å². The van der Waals surface area contributed by atoms with E-state index >= 15 is 0 Å². The van der Waals surface area contributed by atoms with Crippen molar-refractivity contribution in [2.75, 3.05) is 30.0 Å². The van der Waals surface area contributed by atoms with Crippen LogP contribution in [0.4, 0.5) is 17.3 Å². The van der Waals surface area contributed by atoms with Crippen LogP contribution in [0.3, 0.4) is 0 Å². The van der Waals surface area contributed by atoms with Crippen molar-refractivity contribution >= 4 is 29.2 Å². The molecule has 4 heterocycles. The lowest BCUT2D eigenvalue weighted by molar-refractivity contribution is 0.0652. The van der Waals surface area contributed by atoms with Crippen LogP contribution in [0.5, 0.6) is 5.75 Å². The average molecular weight is 486 g/mol. The molecule has 10 nitrogen and oxygen atoms in total. The van der Waals surface area contributed by atoms with Crippen molar-refractivity contribution in [2.24, 2.45) is 0 Å². The number of carbonyl (C=O) groups excluding carboxylic acids is 1. The van der Waals surface area contributed by atoms with E-state index in [2.05, 4.69) is 15.1 Å². The van der Waals surface area contributed by atoms with Gasteiger partial charge in [-0.2, -0.15) is 0 Å². The highest BCUT2D eigenvalue weighted by atomic mass is 16.5. The zero-order chi connectivity index (χ0) is 25.2. The Bertz CT molecular complexity index is 1430. The van der Waals surface area contributed by atoms with Gasteiger partial charge in [-0.15, -0.1) is 0 Å². The number of amides is 1. The molecule has 0 unspecified atom stereocenters. The second-order valence-corrected chi connectivity index (χ2v) is 8.17. The number of carboxylic acid groups (broad SMARTS) is 1. The molecule has 4 aromatic rings. The smallest absolute Gasteiger partial charge is 0.374 e. The first-order chi connectivity index (χ1) is 17.5. The number of pyridine rings is 2. The van der Waals surface area contributed by atoms with Crippen molar-refractivity contribution in [3.8, 4) is 17.0 Å². The number of anilines is 3. The Hall–Kier alpha value is -4.73. The van der Waals surface area contributed by atoms with Gasteiger partial charge in [0.25, 0.3) is 5.91 Å². The highest BCUT2D eigenvalue weighted by molar-refractivity contribution is 6.12. The first kappa shape index (κ1) is 23.0. The molecule has 0 saturated heterocycles. The SMILES string of the molecule is CCN1c2ncc(CCOc3ccc(-c4cc(C(=O)O)on4)cc3)cc2C(=O)N(C)c2cccnc21. The summed E-state index contributed by atoms with van der Waals surface area (Å²) >= 11 is 0. The molecule has 0 saturated carbocycles. The van der Waals surface area contributed by atoms with Crippen LogP contribution >= 0.6 is 0 Å². The largest absolute Gasteiger partial charge is 0.493 e. The van der Waals surface area contributed by atoms with Crippen molar-refractivity contribution in [3.63, 3.8) is 0 Å². The summed E-state index contributed by atoms with van der Waals surface area (Å²) in [6.07, 6.45) is 4.03. The summed E-state index contributed by atoms with van der Waals surface area (Å²) in [6, 6.07) is 14.0. The van der Waals surface area contributed by atoms with E-state index in [1.165, 1.54) is 6.07 Å². The summed E-state index contributed by atoms with van der Waals surface area (Å²) in [5.74, 6) is 0.416. The molecule has 1 aliphatic rings. The van der Waals surface area contributed by atoms with E-state index in [1.54, 1.807) is 48.6 Å². The van der Waals surface area contributed by atoms with E-state index in [9.17, 15) is 9.59 Å². The maximum absolute atomic E-state index is 13.3. The molecule has 182 valence electrons. The molecule has 36 heavy (non-hydrogen) atoms. The lowest BCUT2D eigenvalue weighted by atomic mass is 10.1. The van der Waals surface area contributed by atoms with Gasteiger partial charge in [0, 0.05) is 44.0 Å². The minimum atomic E-state index is -1.17. The number of ether oxygens (including phenoxy) is 1. The third kappa shape index (κ3) is 4.24. The fraction of sp³-hybridized carbons (Fsp3) is 0.192. The summed E-state index contributed by atoms with van der Waals surface area (Å²) in [4.78, 5) is 36.9. The van der Waals surface area contributed by atoms with Crippen molar-refractivity contribution in [1.29, 1.82) is 0 Å². The molecule has 1 aromatic carbocycles. The molecule has 1 N–H and O–H groups in total. The van der Waals surface area contributed by atoms with E-state index in [0.29, 0.717) is 53.8 Å². The second kappa shape index (κ2) is 9.49. The first-order valence-corrected chi connectivity index (χ1v) is 11.4. The maximum atomic E-state index is 13.3. The Morgan fingerprint density at radius 1 is 1.11 bits per heavy atom. The van der Waals surface area contributed by atoms with Gasteiger partial charge >= 0.3 is 5.97 Å². The third-order valence-electron chi connectivity index (χ3n) is 5.94. The van der Waals surface area contributed by atoms with Crippen LogP contribution in [0.1, 0.15) is 33.4 Å². The van der Waals surface area contributed by atoms with Crippen LogP contribution in [-0.4, -0.2) is 52.3 Å². The first-order valence-electron chi connectivity index (χ1n) is 11.4. The van der Waals surface area contributed by atoms with Crippen molar-refractivity contribution < 1.29 is 24.0 Å². The Morgan fingerprint density at radius 3 is 2.64 bits per heavy atom. The zero-order valence-corrected chi connectivity index (χ0v) is 19.7. The van der Waals surface area contributed by atoms with Gasteiger partial charge in [-0.25, -0.2) is 14.8 Å². The van der Waals surface area contributed by atoms with Gasteiger partial charge in [-0.1, -0.05) is 5.16 Å². The van der Waals surface area contributed by atoms with Crippen LogP contribution in [0.15, 0.2) is 65.4 Å². The van der Waals surface area contributed by atoms with E-state index in [4.69, 9.17) is 14.4 Å². The predicted molar refractivity (Wildman–Crippen MR) is 132 cm³/mol. The number of hydrogen-bond acceptors (Lipinski definition) is 8. The molecule has 10 heteroatoms. The number of aromatic carboxylic acids is 1. The number of carbonyl (C=O) groups is 2. The molecule has 0 spiro atoms. The van der Waals surface area contributed by atoms with E-state index in [0.717, 1.165) is 11.3 Å². The predicted octanol–water partition coefficient (Wildman–Crippen LogP) is 4.20. The zero-order valence-electron chi connectivity index (χ0n) is 19.7. The quantitative estimate of drug-likeness (QED) is 0.410. The van der Waals surface area contributed by atoms with Crippen molar-refractivity contribution in [3.05, 3.63) is 77.8 Å². The molecular weight excluding hydrogens is 462 g/mol.